The van der Waals surface area contributed by atoms with Crippen LogP contribution in [0.2, 0.25) is 0 Å². The van der Waals surface area contributed by atoms with Crippen molar-refractivity contribution in [1.82, 2.24) is 30.0 Å². The van der Waals surface area contributed by atoms with Gasteiger partial charge in [0.15, 0.2) is 0 Å². The Morgan fingerprint density at radius 2 is 2.24 bits per heavy atom. The van der Waals surface area contributed by atoms with Gasteiger partial charge < -0.3 is 10.2 Å². The average Bonchev–Trinajstić information content (AvgIpc) is 3.47. The first kappa shape index (κ1) is 18.0. The zero-order chi connectivity index (χ0) is 19.6. The maximum Gasteiger partial charge on any atom is 0.254 e. The molecule has 148 valence electrons. The summed E-state index contributed by atoms with van der Waals surface area (Å²) in [6.07, 6.45) is 8.63. The molecule has 1 atom stereocenters. The molecule has 0 radical (unpaired) electrons. The molecule has 1 aromatic carbocycles. The first-order valence-electron chi connectivity index (χ1n) is 10.2. The van der Waals surface area contributed by atoms with Gasteiger partial charge in [-0.05, 0) is 43.1 Å². The number of benzene rings is 1. The van der Waals surface area contributed by atoms with Crippen LogP contribution < -0.4 is 5.32 Å². The number of rotatable bonds is 4. The fraction of sp³-hybridized carbons (Fsp3) is 0.364. The molecule has 2 aliphatic heterocycles. The minimum absolute atomic E-state index is 0.0551. The third kappa shape index (κ3) is 3.78. The van der Waals surface area contributed by atoms with E-state index in [2.05, 4.69) is 15.4 Å². The van der Waals surface area contributed by atoms with Crippen LogP contribution >= 0.6 is 0 Å². The van der Waals surface area contributed by atoms with Gasteiger partial charge in [0.05, 0.1) is 18.3 Å². The Hall–Kier alpha value is -3.06. The van der Waals surface area contributed by atoms with E-state index in [1.54, 1.807) is 6.20 Å². The zero-order valence-electron chi connectivity index (χ0n) is 16.3. The van der Waals surface area contributed by atoms with Crippen molar-refractivity contribution in [2.24, 2.45) is 0 Å². The number of fused-ring (bicyclic) bond motifs is 1. The van der Waals surface area contributed by atoms with Gasteiger partial charge in [0.1, 0.15) is 5.82 Å². The van der Waals surface area contributed by atoms with E-state index in [1.165, 1.54) is 6.42 Å². The minimum atomic E-state index is 0.0551. The molecule has 1 saturated heterocycles. The Kier molecular flexibility index (Phi) is 4.81. The van der Waals surface area contributed by atoms with Crippen LogP contribution in [0.4, 0.5) is 0 Å². The summed E-state index contributed by atoms with van der Waals surface area (Å²) >= 11 is 0. The molecule has 0 aliphatic carbocycles. The van der Waals surface area contributed by atoms with Crippen LogP contribution in [-0.4, -0.2) is 43.6 Å². The van der Waals surface area contributed by atoms with Gasteiger partial charge in [-0.25, -0.2) is 9.97 Å². The third-order valence-corrected chi connectivity index (χ3v) is 5.69. The second-order valence-electron chi connectivity index (χ2n) is 7.73. The number of hydrogen-bond acceptors (Lipinski definition) is 5. The summed E-state index contributed by atoms with van der Waals surface area (Å²) in [7, 11) is 0. The van der Waals surface area contributed by atoms with E-state index in [-0.39, 0.29) is 11.9 Å². The van der Waals surface area contributed by atoms with Gasteiger partial charge >= 0.3 is 0 Å². The standard InChI is InChI=1S/C22H24N6O/c29-22(17-5-1-4-16(12-17)14-28-10-3-9-25-28)27-11-7-19-18(15-27)13-24-21(26-19)20-6-2-8-23-20/h1,3-5,9-10,12-13,20,23H,2,6-8,11,14-15H2/t20-/m1/s1. The second-order valence-corrected chi connectivity index (χ2v) is 7.73. The van der Waals surface area contributed by atoms with Crippen LogP contribution in [0.5, 0.6) is 0 Å². The molecule has 5 rings (SSSR count). The number of carbonyl (C=O) groups is 1. The molecule has 7 nitrogen and oxygen atoms in total. The Balaban J connectivity index is 1.30. The Morgan fingerprint density at radius 1 is 1.28 bits per heavy atom. The summed E-state index contributed by atoms with van der Waals surface area (Å²) in [6, 6.07) is 9.99. The van der Waals surface area contributed by atoms with Crippen molar-refractivity contribution in [3.8, 4) is 0 Å². The molecular weight excluding hydrogens is 364 g/mol. The number of aromatic nitrogens is 4. The fourth-order valence-corrected chi connectivity index (χ4v) is 4.14. The lowest BCUT2D eigenvalue weighted by atomic mass is 10.0. The van der Waals surface area contributed by atoms with Crippen molar-refractivity contribution in [3.63, 3.8) is 0 Å². The van der Waals surface area contributed by atoms with Gasteiger partial charge in [0.2, 0.25) is 0 Å². The highest BCUT2D eigenvalue weighted by atomic mass is 16.2. The van der Waals surface area contributed by atoms with Crippen LogP contribution in [-0.2, 0) is 19.5 Å². The summed E-state index contributed by atoms with van der Waals surface area (Å²) < 4.78 is 1.86. The van der Waals surface area contributed by atoms with Crippen molar-refractivity contribution in [3.05, 3.63) is 77.1 Å². The highest BCUT2D eigenvalue weighted by molar-refractivity contribution is 5.94. The predicted octanol–water partition coefficient (Wildman–Crippen LogP) is 2.34. The largest absolute Gasteiger partial charge is 0.334 e. The second kappa shape index (κ2) is 7.75. The van der Waals surface area contributed by atoms with Gasteiger partial charge in [-0.3, -0.25) is 9.48 Å². The van der Waals surface area contributed by atoms with E-state index < -0.39 is 0 Å². The zero-order valence-corrected chi connectivity index (χ0v) is 16.3. The molecule has 4 heterocycles. The minimum Gasteiger partial charge on any atom is -0.334 e. The lowest BCUT2D eigenvalue weighted by Crippen LogP contribution is -2.36. The van der Waals surface area contributed by atoms with Crippen molar-refractivity contribution >= 4 is 5.91 Å². The molecule has 0 bridgehead atoms. The number of nitrogens with zero attached hydrogens (tertiary/aromatic N) is 5. The lowest BCUT2D eigenvalue weighted by molar-refractivity contribution is 0.0733. The number of carbonyl (C=O) groups excluding carboxylic acids is 1. The predicted molar refractivity (Wildman–Crippen MR) is 108 cm³/mol. The maximum atomic E-state index is 13.1. The summed E-state index contributed by atoms with van der Waals surface area (Å²) in [5.74, 6) is 0.951. The van der Waals surface area contributed by atoms with E-state index in [1.807, 2.05) is 52.3 Å². The molecule has 1 amide bonds. The van der Waals surface area contributed by atoms with E-state index in [0.717, 1.165) is 42.0 Å². The number of nitrogens with one attached hydrogen (secondary N) is 1. The summed E-state index contributed by atoms with van der Waals surface area (Å²) in [4.78, 5) is 24.4. The van der Waals surface area contributed by atoms with Crippen molar-refractivity contribution in [2.75, 3.05) is 13.1 Å². The van der Waals surface area contributed by atoms with E-state index in [4.69, 9.17) is 4.98 Å². The SMILES string of the molecule is O=C(c1cccc(Cn2cccn2)c1)N1CCc2nc([C@H]3CCCN3)ncc2C1. The molecule has 0 spiro atoms. The topological polar surface area (TPSA) is 75.9 Å². The summed E-state index contributed by atoms with van der Waals surface area (Å²) in [5.41, 5.74) is 3.92. The normalized spacial score (nSPS) is 18.6. The van der Waals surface area contributed by atoms with E-state index in [9.17, 15) is 4.79 Å². The molecule has 2 aliphatic rings. The number of amides is 1. The molecule has 1 N–H and O–H groups in total. The van der Waals surface area contributed by atoms with Crippen LogP contribution in [0.15, 0.2) is 48.9 Å². The summed E-state index contributed by atoms with van der Waals surface area (Å²) in [6.45, 7) is 2.94. The molecule has 7 heteroatoms. The van der Waals surface area contributed by atoms with Crippen LogP contribution in [0, 0.1) is 0 Å². The molecule has 29 heavy (non-hydrogen) atoms. The van der Waals surface area contributed by atoms with Crippen molar-refractivity contribution in [1.29, 1.82) is 0 Å². The monoisotopic (exact) mass is 388 g/mol. The molecular formula is C22H24N6O. The Bertz CT molecular complexity index is 1010. The van der Waals surface area contributed by atoms with Gasteiger partial charge in [-0.15, -0.1) is 0 Å². The lowest BCUT2D eigenvalue weighted by Gasteiger charge is -2.28. The van der Waals surface area contributed by atoms with Crippen molar-refractivity contribution in [2.45, 2.75) is 38.4 Å². The first-order valence-corrected chi connectivity index (χ1v) is 10.2. The van der Waals surface area contributed by atoms with Crippen LogP contribution in [0.1, 0.15) is 51.9 Å². The molecule has 3 aromatic rings. The van der Waals surface area contributed by atoms with Gasteiger partial charge in [-0.1, -0.05) is 12.1 Å². The van der Waals surface area contributed by atoms with Gasteiger partial charge in [0.25, 0.3) is 5.91 Å². The molecule has 0 unspecified atom stereocenters. The third-order valence-electron chi connectivity index (χ3n) is 5.69. The molecule has 1 fully saturated rings. The van der Waals surface area contributed by atoms with Crippen LogP contribution in [0.25, 0.3) is 0 Å². The maximum absolute atomic E-state index is 13.1. The molecule has 2 aromatic heterocycles. The smallest absolute Gasteiger partial charge is 0.254 e. The number of hydrogen-bond donors (Lipinski definition) is 1. The van der Waals surface area contributed by atoms with Crippen molar-refractivity contribution < 1.29 is 4.79 Å². The summed E-state index contributed by atoms with van der Waals surface area (Å²) in [5, 5.41) is 7.69. The first-order chi connectivity index (χ1) is 14.3. The highest BCUT2D eigenvalue weighted by Gasteiger charge is 2.25. The van der Waals surface area contributed by atoms with E-state index in [0.29, 0.717) is 25.2 Å². The van der Waals surface area contributed by atoms with Gasteiger partial charge in [0, 0.05) is 49.2 Å². The Morgan fingerprint density at radius 3 is 3.07 bits per heavy atom. The highest BCUT2D eigenvalue weighted by Crippen LogP contribution is 2.24. The van der Waals surface area contributed by atoms with Crippen LogP contribution in [0.3, 0.4) is 0 Å². The fourth-order valence-electron chi connectivity index (χ4n) is 4.14. The van der Waals surface area contributed by atoms with E-state index >= 15 is 0 Å². The average molecular weight is 388 g/mol. The quantitative estimate of drug-likeness (QED) is 0.743. The van der Waals surface area contributed by atoms with Gasteiger partial charge in [-0.2, -0.15) is 5.10 Å². The molecule has 0 saturated carbocycles. The Labute approximate surface area is 169 Å².